The molecule has 96 valence electrons. The van der Waals surface area contributed by atoms with Crippen LogP contribution in [0, 0.1) is 0 Å². The average molecular weight is 280 g/mol. The van der Waals surface area contributed by atoms with Gasteiger partial charge in [-0.1, -0.05) is 13.8 Å². The van der Waals surface area contributed by atoms with Crippen molar-refractivity contribution in [2.75, 3.05) is 11.9 Å². The lowest BCUT2D eigenvalue weighted by Gasteiger charge is -2.07. The van der Waals surface area contributed by atoms with Gasteiger partial charge in [0.1, 0.15) is 16.7 Å². The largest absolute Gasteiger partial charge is 0.370 e. The van der Waals surface area contributed by atoms with Crippen molar-refractivity contribution in [1.82, 2.24) is 15.0 Å². The molecule has 1 N–H and O–H groups in total. The molecular formula is C12H16N4S2. The highest BCUT2D eigenvalue weighted by Crippen LogP contribution is 2.28. The molecule has 0 atom stereocenters. The fourth-order valence-electron chi connectivity index (χ4n) is 1.38. The third-order valence-electron chi connectivity index (χ3n) is 2.22. The topological polar surface area (TPSA) is 50.7 Å². The number of hydrogen-bond acceptors (Lipinski definition) is 6. The lowest BCUT2D eigenvalue weighted by molar-refractivity contribution is 0.877. The lowest BCUT2D eigenvalue weighted by atomic mass is 10.4. The van der Waals surface area contributed by atoms with Crippen LogP contribution in [0.3, 0.4) is 0 Å². The molecule has 0 bridgehead atoms. The number of rotatable bonds is 6. The van der Waals surface area contributed by atoms with Crippen LogP contribution in [0.2, 0.25) is 0 Å². The maximum absolute atomic E-state index is 4.51. The van der Waals surface area contributed by atoms with Crippen LogP contribution in [-0.2, 0) is 6.42 Å². The number of nitrogens with one attached hydrogen (secondary N) is 1. The second kappa shape index (κ2) is 6.70. The molecule has 4 nitrogen and oxygen atoms in total. The maximum atomic E-state index is 4.51. The van der Waals surface area contributed by atoms with E-state index in [-0.39, 0.29) is 0 Å². The molecule has 0 fully saturated rings. The molecule has 0 aliphatic rings. The molecule has 2 aromatic heterocycles. The summed E-state index contributed by atoms with van der Waals surface area (Å²) in [4.78, 5) is 13.2. The van der Waals surface area contributed by atoms with E-state index in [9.17, 15) is 0 Å². The molecule has 0 spiro atoms. The zero-order valence-corrected chi connectivity index (χ0v) is 12.1. The number of thiazole rings is 1. The zero-order chi connectivity index (χ0) is 12.8. The van der Waals surface area contributed by atoms with Crippen LogP contribution < -0.4 is 5.32 Å². The average Bonchev–Trinajstić information content (AvgIpc) is 2.89. The van der Waals surface area contributed by atoms with E-state index in [0.717, 1.165) is 40.4 Å². The molecule has 0 aromatic carbocycles. The van der Waals surface area contributed by atoms with E-state index < -0.39 is 0 Å². The summed E-state index contributed by atoms with van der Waals surface area (Å²) in [7, 11) is 0. The van der Waals surface area contributed by atoms with Crippen LogP contribution in [0.15, 0.2) is 27.0 Å². The summed E-state index contributed by atoms with van der Waals surface area (Å²) in [6.07, 6.45) is 3.73. The third-order valence-corrected chi connectivity index (χ3v) is 4.02. The van der Waals surface area contributed by atoms with Crippen molar-refractivity contribution in [2.24, 2.45) is 0 Å². The maximum Gasteiger partial charge on any atom is 0.156 e. The van der Waals surface area contributed by atoms with Gasteiger partial charge in [0.25, 0.3) is 0 Å². The van der Waals surface area contributed by atoms with Crippen LogP contribution in [0.4, 0.5) is 5.82 Å². The predicted molar refractivity (Wildman–Crippen MR) is 76.4 cm³/mol. The Morgan fingerprint density at radius 1 is 1.33 bits per heavy atom. The van der Waals surface area contributed by atoms with E-state index in [2.05, 4.69) is 34.1 Å². The summed E-state index contributed by atoms with van der Waals surface area (Å²) < 4.78 is 1.01. The lowest BCUT2D eigenvalue weighted by Crippen LogP contribution is -2.05. The van der Waals surface area contributed by atoms with Crippen LogP contribution in [0.1, 0.15) is 26.1 Å². The molecule has 18 heavy (non-hydrogen) atoms. The van der Waals surface area contributed by atoms with E-state index >= 15 is 0 Å². The molecule has 0 saturated heterocycles. The summed E-state index contributed by atoms with van der Waals surface area (Å²) >= 11 is 3.21. The molecule has 0 saturated carbocycles. The minimum Gasteiger partial charge on any atom is -0.370 e. The molecule has 0 aliphatic carbocycles. The van der Waals surface area contributed by atoms with Crippen LogP contribution in [0.25, 0.3) is 0 Å². The molecule has 2 rings (SSSR count). The van der Waals surface area contributed by atoms with E-state index in [1.807, 2.05) is 17.6 Å². The zero-order valence-electron chi connectivity index (χ0n) is 10.5. The van der Waals surface area contributed by atoms with Gasteiger partial charge < -0.3 is 5.32 Å². The summed E-state index contributed by atoms with van der Waals surface area (Å²) in [6.45, 7) is 5.14. The predicted octanol–water partition coefficient (Wildman–Crippen LogP) is 3.47. The van der Waals surface area contributed by atoms with Crippen molar-refractivity contribution in [3.05, 3.63) is 23.5 Å². The summed E-state index contributed by atoms with van der Waals surface area (Å²) in [5.41, 5.74) is 0. The van der Waals surface area contributed by atoms with E-state index in [1.54, 1.807) is 23.1 Å². The van der Waals surface area contributed by atoms with Crippen LogP contribution in [-0.4, -0.2) is 21.5 Å². The molecule has 0 amide bonds. The number of anilines is 1. The van der Waals surface area contributed by atoms with Crippen LogP contribution in [0.5, 0.6) is 0 Å². The Labute approximate surface area is 115 Å². The highest BCUT2D eigenvalue weighted by Gasteiger charge is 2.06. The fraction of sp³-hybridized carbons (Fsp3) is 0.417. The number of aryl methyl sites for hydroxylation is 1. The second-order valence-corrected chi connectivity index (χ2v) is 5.85. The molecule has 2 heterocycles. The number of hydrogen-bond donors (Lipinski definition) is 1. The standard InChI is InChI=1S/C12H16N4S2/c1-3-5-13-10-8-11(16-9(4-2)15-10)18-12-14-6-7-17-12/h6-8H,3-5H2,1-2H3,(H,13,15,16). The number of aromatic nitrogens is 3. The Kier molecular flexibility index (Phi) is 4.95. The van der Waals surface area contributed by atoms with Crippen molar-refractivity contribution < 1.29 is 0 Å². The minimum absolute atomic E-state index is 0.840. The monoisotopic (exact) mass is 280 g/mol. The summed E-state index contributed by atoms with van der Waals surface area (Å²) in [5, 5.41) is 6.23. The third kappa shape index (κ3) is 3.68. The van der Waals surface area contributed by atoms with Gasteiger partial charge in [0.2, 0.25) is 0 Å². The first kappa shape index (κ1) is 13.3. The highest BCUT2D eigenvalue weighted by molar-refractivity contribution is 8.01. The first-order chi connectivity index (χ1) is 8.81. The Hall–Kier alpha value is -1.14. The van der Waals surface area contributed by atoms with Crippen LogP contribution >= 0.6 is 23.1 Å². The molecular weight excluding hydrogens is 264 g/mol. The van der Waals surface area contributed by atoms with Gasteiger partial charge in [-0.25, -0.2) is 15.0 Å². The van der Waals surface area contributed by atoms with E-state index in [0.29, 0.717) is 0 Å². The van der Waals surface area contributed by atoms with Crippen molar-refractivity contribution in [3.63, 3.8) is 0 Å². The van der Waals surface area contributed by atoms with E-state index in [4.69, 9.17) is 0 Å². The van der Waals surface area contributed by atoms with Crippen molar-refractivity contribution >= 4 is 28.9 Å². The van der Waals surface area contributed by atoms with Crippen molar-refractivity contribution in [3.8, 4) is 0 Å². The van der Waals surface area contributed by atoms with Gasteiger partial charge in [-0.15, -0.1) is 11.3 Å². The Morgan fingerprint density at radius 3 is 2.89 bits per heavy atom. The molecule has 0 radical (unpaired) electrons. The SMILES string of the molecule is CCCNc1cc(Sc2nccs2)nc(CC)n1. The number of nitrogens with zero attached hydrogens (tertiary/aromatic N) is 3. The first-order valence-electron chi connectivity index (χ1n) is 6.01. The molecule has 6 heteroatoms. The molecule has 2 aromatic rings. The van der Waals surface area contributed by atoms with E-state index in [1.165, 1.54) is 0 Å². The Bertz CT molecular complexity index is 485. The molecule has 0 unspecified atom stereocenters. The van der Waals surface area contributed by atoms with Gasteiger partial charge in [-0.05, 0) is 18.2 Å². The van der Waals surface area contributed by atoms with Crippen molar-refractivity contribution in [2.45, 2.75) is 36.1 Å². The second-order valence-electron chi connectivity index (χ2n) is 3.69. The Morgan fingerprint density at radius 2 is 2.22 bits per heavy atom. The smallest absolute Gasteiger partial charge is 0.156 e. The van der Waals surface area contributed by atoms with Gasteiger partial charge in [-0.3, -0.25) is 0 Å². The first-order valence-corrected chi connectivity index (χ1v) is 7.70. The summed E-state index contributed by atoms with van der Waals surface area (Å²) in [5.74, 6) is 1.78. The normalized spacial score (nSPS) is 10.6. The Balaban J connectivity index is 2.17. The van der Waals surface area contributed by atoms with Gasteiger partial charge in [0.05, 0.1) is 0 Å². The summed E-state index contributed by atoms with van der Waals surface area (Å²) in [6, 6.07) is 1.99. The van der Waals surface area contributed by atoms with Gasteiger partial charge >= 0.3 is 0 Å². The van der Waals surface area contributed by atoms with Crippen molar-refractivity contribution in [1.29, 1.82) is 0 Å². The fourth-order valence-corrected chi connectivity index (χ4v) is 2.97. The minimum atomic E-state index is 0.840. The molecule has 0 aliphatic heterocycles. The van der Waals surface area contributed by atoms with Gasteiger partial charge in [0, 0.05) is 30.6 Å². The highest BCUT2D eigenvalue weighted by atomic mass is 32.2. The quantitative estimate of drug-likeness (QED) is 0.821. The van der Waals surface area contributed by atoms with Gasteiger partial charge in [-0.2, -0.15) is 0 Å². The van der Waals surface area contributed by atoms with Gasteiger partial charge in [0.15, 0.2) is 4.34 Å².